The van der Waals surface area contributed by atoms with Gasteiger partial charge in [-0.3, -0.25) is 4.79 Å². The standard InChI is InChI=1S/C55H64N2O2S2/c1-6-59-51(58)39-25-26-41-57(44-53(4,5)61-55(48-33-19-10-20-34-48,49-35-21-11-22-36-49)50-37-23-12-24-38-50)42-40-56-43-52(2,3)60-54(45-27-13-7-14-28-45,46-29-15-8-16-30-46)47-31-17-9-18-32-47/h7-24,27-38,56H,6,25-26,39-44H2,1-5H3. The summed E-state index contributed by atoms with van der Waals surface area (Å²) < 4.78 is 4.14. The van der Waals surface area contributed by atoms with Crippen molar-refractivity contribution in [2.24, 2.45) is 0 Å². The highest BCUT2D eigenvalue weighted by molar-refractivity contribution is 8.02. The molecular weight excluding hydrogens is 785 g/mol. The molecule has 6 aromatic carbocycles. The third kappa shape index (κ3) is 12.1. The van der Waals surface area contributed by atoms with Gasteiger partial charge in [-0.15, -0.1) is 23.5 Å². The van der Waals surface area contributed by atoms with Gasteiger partial charge in [0.05, 0.1) is 16.1 Å². The molecule has 0 bridgehead atoms. The maximum Gasteiger partial charge on any atom is 0.305 e. The second-order valence-electron chi connectivity index (χ2n) is 17.0. The average molecular weight is 849 g/mol. The minimum Gasteiger partial charge on any atom is -0.466 e. The second-order valence-corrected chi connectivity index (χ2v) is 20.8. The number of hydrogen-bond donors (Lipinski definition) is 1. The number of hydrogen-bond acceptors (Lipinski definition) is 6. The van der Waals surface area contributed by atoms with E-state index in [9.17, 15) is 4.79 Å². The van der Waals surface area contributed by atoms with E-state index in [2.05, 4.69) is 220 Å². The van der Waals surface area contributed by atoms with Crippen LogP contribution in [0.1, 0.15) is 87.3 Å². The first kappa shape index (κ1) is 45.9. The molecule has 4 nitrogen and oxygen atoms in total. The van der Waals surface area contributed by atoms with Crippen LogP contribution in [0.15, 0.2) is 182 Å². The normalized spacial score (nSPS) is 12.4. The molecule has 0 saturated carbocycles. The van der Waals surface area contributed by atoms with Crippen LogP contribution in [0.3, 0.4) is 0 Å². The lowest BCUT2D eigenvalue weighted by Crippen LogP contribution is -2.45. The largest absolute Gasteiger partial charge is 0.466 e. The van der Waals surface area contributed by atoms with Gasteiger partial charge in [-0.25, -0.2) is 0 Å². The van der Waals surface area contributed by atoms with Crippen LogP contribution >= 0.6 is 23.5 Å². The van der Waals surface area contributed by atoms with E-state index >= 15 is 0 Å². The molecule has 0 unspecified atom stereocenters. The van der Waals surface area contributed by atoms with Gasteiger partial charge >= 0.3 is 5.97 Å². The van der Waals surface area contributed by atoms with Crippen molar-refractivity contribution in [3.8, 4) is 0 Å². The van der Waals surface area contributed by atoms with Gasteiger partial charge in [0.15, 0.2) is 0 Å². The molecular formula is C55H64N2O2S2. The molecule has 0 spiro atoms. The van der Waals surface area contributed by atoms with Gasteiger partial charge in [0, 0.05) is 42.1 Å². The van der Waals surface area contributed by atoms with Gasteiger partial charge in [-0.05, 0) is 87.4 Å². The molecule has 6 heteroatoms. The Labute approximate surface area is 374 Å². The summed E-state index contributed by atoms with van der Waals surface area (Å²) in [6.07, 6.45) is 2.19. The molecule has 0 atom stereocenters. The van der Waals surface area contributed by atoms with Crippen LogP contribution in [0.25, 0.3) is 0 Å². The predicted octanol–water partition coefficient (Wildman–Crippen LogP) is 12.6. The van der Waals surface area contributed by atoms with Gasteiger partial charge in [-0.2, -0.15) is 0 Å². The lowest BCUT2D eigenvalue weighted by Gasteiger charge is -2.43. The number of nitrogens with zero attached hydrogens (tertiary/aromatic N) is 1. The lowest BCUT2D eigenvalue weighted by atomic mass is 9.84. The fraction of sp³-hybridized carbons (Fsp3) is 0.327. The summed E-state index contributed by atoms with van der Waals surface area (Å²) in [5.74, 6) is -0.109. The summed E-state index contributed by atoms with van der Waals surface area (Å²) in [7, 11) is 0. The molecule has 0 radical (unpaired) electrons. The number of rotatable bonds is 23. The highest BCUT2D eigenvalue weighted by Crippen LogP contribution is 2.54. The van der Waals surface area contributed by atoms with Crippen LogP contribution in [-0.2, 0) is 19.0 Å². The van der Waals surface area contributed by atoms with Gasteiger partial charge < -0.3 is 15.0 Å². The smallest absolute Gasteiger partial charge is 0.305 e. The molecule has 0 aliphatic rings. The van der Waals surface area contributed by atoms with Crippen LogP contribution in [-0.4, -0.2) is 59.7 Å². The Morgan fingerprint density at radius 2 is 0.852 bits per heavy atom. The maximum atomic E-state index is 12.3. The number of carbonyl (C=O) groups is 1. The zero-order chi connectivity index (χ0) is 43.0. The number of carbonyl (C=O) groups excluding carboxylic acids is 1. The van der Waals surface area contributed by atoms with E-state index in [-0.39, 0.29) is 15.5 Å². The molecule has 0 aromatic heterocycles. The Bertz CT molecular complexity index is 1970. The molecule has 0 aliphatic heterocycles. The molecule has 0 fully saturated rings. The van der Waals surface area contributed by atoms with Crippen molar-refractivity contribution in [3.05, 3.63) is 215 Å². The van der Waals surface area contributed by atoms with Crippen molar-refractivity contribution in [1.82, 2.24) is 10.2 Å². The highest BCUT2D eigenvalue weighted by Gasteiger charge is 2.43. The summed E-state index contributed by atoms with van der Waals surface area (Å²) in [5, 5.41) is 3.93. The minimum absolute atomic E-state index is 0.109. The minimum atomic E-state index is -0.425. The monoisotopic (exact) mass is 848 g/mol. The third-order valence-corrected chi connectivity index (χ3v) is 14.5. The molecule has 0 saturated heterocycles. The number of unbranched alkanes of at least 4 members (excludes halogenated alkanes) is 1. The second kappa shape index (κ2) is 22.0. The summed E-state index contributed by atoms with van der Waals surface area (Å²) >= 11 is 4.06. The van der Waals surface area contributed by atoms with Crippen molar-refractivity contribution in [2.75, 3.05) is 39.3 Å². The van der Waals surface area contributed by atoms with Crippen LogP contribution < -0.4 is 5.32 Å². The molecule has 6 aromatic rings. The number of benzene rings is 6. The maximum absolute atomic E-state index is 12.3. The third-order valence-electron chi connectivity index (χ3n) is 11.1. The van der Waals surface area contributed by atoms with Crippen molar-refractivity contribution in [1.29, 1.82) is 0 Å². The van der Waals surface area contributed by atoms with Crippen LogP contribution in [0.4, 0.5) is 0 Å². The summed E-state index contributed by atoms with van der Waals surface area (Å²) in [6, 6.07) is 65.9. The van der Waals surface area contributed by atoms with E-state index in [1.54, 1.807) is 0 Å². The summed E-state index contributed by atoms with van der Waals surface area (Å²) in [6.45, 7) is 16.2. The molecule has 0 aliphatic carbocycles. The van der Waals surface area contributed by atoms with Gasteiger partial charge in [0.2, 0.25) is 0 Å². The number of esters is 1. The summed E-state index contributed by atoms with van der Waals surface area (Å²) in [4.78, 5) is 14.9. The average Bonchev–Trinajstić information content (AvgIpc) is 3.29. The SMILES string of the molecule is CCOC(=O)CCCCN(CCNCC(C)(C)SC(c1ccccc1)(c1ccccc1)c1ccccc1)CC(C)(C)SC(c1ccccc1)(c1ccccc1)c1ccccc1. The van der Waals surface area contributed by atoms with Crippen LogP contribution in [0.5, 0.6) is 0 Å². The zero-order valence-electron chi connectivity index (χ0n) is 36.8. The number of thioether (sulfide) groups is 2. The van der Waals surface area contributed by atoms with E-state index in [1.807, 2.05) is 30.4 Å². The first-order valence-electron chi connectivity index (χ1n) is 21.9. The first-order valence-corrected chi connectivity index (χ1v) is 23.5. The molecule has 0 amide bonds. The Morgan fingerprint density at radius 3 is 1.20 bits per heavy atom. The van der Waals surface area contributed by atoms with E-state index in [0.717, 1.165) is 45.6 Å². The lowest BCUT2D eigenvalue weighted by molar-refractivity contribution is -0.143. The first-order chi connectivity index (χ1) is 29.6. The van der Waals surface area contributed by atoms with E-state index in [4.69, 9.17) is 4.74 Å². The quantitative estimate of drug-likeness (QED) is 0.0394. The fourth-order valence-electron chi connectivity index (χ4n) is 8.56. The number of nitrogens with one attached hydrogen (secondary N) is 1. The van der Waals surface area contributed by atoms with E-state index < -0.39 is 9.49 Å². The molecule has 6 rings (SSSR count). The van der Waals surface area contributed by atoms with Crippen molar-refractivity contribution >= 4 is 29.5 Å². The molecule has 61 heavy (non-hydrogen) atoms. The predicted molar refractivity (Wildman–Crippen MR) is 262 cm³/mol. The highest BCUT2D eigenvalue weighted by atomic mass is 32.2. The Hall–Kier alpha value is -4.59. The molecule has 318 valence electrons. The fourth-order valence-corrected chi connectivity index (χ4v) is 12.2. The van der Waals surface area contributed by atoms with Crippen molar-refractivity contribution < 1.29 is 9.53 Å². The van der Waals surface area contributed by atoms with Gasteiger partial charge in [0.1, 0.15) is 0 Å². The Morgan fingerprint density at radius 1 is 0.508 bits per heavy atom. The topological polar surface area (TPSA) is 41.6 Å². The van der Waals surface area contributed by atoms with E-state index in [1.165, 1.54) is 33.4 Å². The zero-order valence-corrected chi connectivity index (χ0v) is 38.4. The molecule has 1 N–H and O–H groups in total. The van der Waals surface area contributed by atoms with Crippen molar-refractivity contribution in [3.63, 3.8) is 0 Å². The van der Waals surface area contributed by atoms with Crippen LogP contribution in [0.2, 0.25) is 0 Å². The van der Waals surface area contributed by atoms with Gasteiger partial charge in [-0.1, -0.05) is 182 Å². The summed E-state index contributed by atoms with van der Waals surface area (Å²) in [5.41, 5.74) is 7.63. The number of ether oxygens (including phenoxy) is 1. The van der Waals surface area contributed by atoms with Crippen LogP contribution in [0, 0.1) is 0 Å². The van der Waals surface area contributed by atoms with Crippen molar-refractivity contribution in [2.45, 2.75) is 72.9 Å². The van der Waals surface area contributed by atoms with E-state index in [0.29, 0.717) is 13.0 Å². The van der Waals surface area contributed by atoms with Gasteiger partial charge in [0.25, 0.3) is 0 Å². The Balaban J connectivity index is 1.23. The molecule has 0 heterocycles. The Kier molecular flexibility index (Phi) is 16.5.